The van der Waals surface area contributed by atoms with E-state index in [0.29, 0.717) is 13.0 Å². The van der Waals surface area contributed by atoms with Gasteiger partial charge >= 0.3 is 6.03 Å². The van der Waals surface area contributed by atoms with E-state index in [-0.39, 0.29) is 24.0 Å². The molecule has 1 rings (SSSR count). The van der Waals surface area contributed by atoms with Gasteiger partial charge in [-0.2, -0.15) is 0 Å². The van der Waals surface area contributed by atoms with Gasteiger partial charge in [0.15, 0.2) is 0 Å². The van der Waals surface area contributed by atoms with E-state index < -0.39 is 0 Å². The Bertz CT molecular complexity index is 242. The van der Waals surface area contributed by atoms with Gasteiger partial charge in [-0.05, 0) is 13.3 Å². The molecule has 2 atom stereocenters. The standard InChI is InChI=1S/C9H17N3O2/c1-3-4-7-8(13)12(6(2)5-10)9(14)11-7/h6-7H,3-5,10H2,1-2H3,(H,11,14). The highest BCUT2D eigenvalue weighted by Gasteiger charge is 2.39. The quantitative estimate of drug-likeness (QED) is 0.628. The molecule has 0 radical (unpaired) electrons. The minimum atomic E-state index is -0.346. The molecule has 5 nitrogen and oxygen atoms in total. The molecule has 80 valence electrons. The van der Waals surface area contributed by atoms with Crippen molar-refractivity contribution < 1.29 is 9.59 Å². The average Bonchev–Trinajstić information content (AvgIpc) is 2.42. The van der Waals surface area contributed by atoms with Crippen LogP contribution in [0.2, 0.25) is 0 Å². The Morgan fingerprint density at radius 1 is 1.57 bits per heavy atom. The zero-order valence-electron chi connectivity index (χ0n) is 8.62. The summed E-state index contributed by atoms with van der Waals surface area (Å²) in [7, 11) is 0. The van der Waals surface area contributed by atoms with Gasteiger partial charge in [-0.3, -0.25) is 9.69 Å². The van der Waals surface area contributed by atoms with Gasteiger partial charge in [0.2, 0.25) is 0 Å². The van der Waals surface area contributed by atoms with Gasteiger partial charge in [-0.15, -0.1) is 0 Å². The molecule has 1 fully saturated rings. The third kappa shape index (κ3) is 1.87. The van der Waals surface area contributed by atoms with Crippen LogP contribution in [0.15, 0.2) is 0 Å². The number of carbonyl (C=O) groups is 2. The second-order valence-electron chi connectivity index (χ2n) is 3.58. The third-order valence-electron chi connectivity index (χ3n) is 2.41. The van der Waals surface area contributed by atoms with E-state index in [1.807, 2.05) is 6.92 Å². The lowest BCUT2D eigenvalue weighted by molar-refractivity contribution is -0.128. The topological polar surface area (TPSA) is 75.4 Å². The lowest BCUT2D eigenvalue weighted by Crippen LogP contribution is -2.43. The van der Waals surface area contributed by atoms with E-state index in [4.69, 9.17) is 5.73 Å². The minimum Gasteiger partial charge on any atom is -0.328 e. The summed E-state index contributed by atoms with van der Waals surface area (Å²) in [5.41, 5.74) is 5.42. The molecule has 14 heavy (non-hydrogen) atoms. The Morgan fingerprint density at radius 2 is 2.21 bits per heavy atom. The van der Waals surface area contributed by atoms with Crippen LogP contribution in [0, 0.1) is 0 Å². The van der Waals surface area contributed by atoms with Gasteiger partial charge in [0.05, 0.1) is 6.04 Å². The first-order valence-electron chi connectivity index (χ1n) is 4.95. The molecule has 0 aromatic carbocycles. The van der Waals surface area contributed by atoms with Crippen molar-refractivity contribution in [2.75, 3.05) is 6.54 Å². The van der Waals surface area contributed by atoms with Crippen LogP contribution in [-0.2, 0) is 4.79 Å². The van der Waals surface area contributed by atoms with Crippen molar-refractivity contribution in [3.05, 3.63) is 0 Å². The van der Waals surface area contributed by atoms with Crippen LogP contribution in [-0.4, -0.2) is 35.5 Å². The highest BCUT2D eigenvalue weighted by atomic mass is 16.2. The maximum Gasteiger partial charge on any atom is 0.325 e. The van der Waals surface area contributed by atoms with E-state index in [9.17, 15) is 9.59 Å². The van der Waals surface area contributed by atoms with Crippen molar-refractivity contribution in [3.8, 4) is 0 Å². The summed E-state index contributed by atoms with van der Waals surface area (Å²) in [5.74, 6) is -0.144. The molecular weight excluding hydrogens is 182 g/mol. The summed E-state index contributed by atoms with van der Waals surface area (Å²) in [6.45, 7) is 4.05. The van der Waals surface area contributed by atoms with E-state index in [1.165, 1.54) is 4.90 Å². The molecular formula is C9H17N3O2. The van der Waals surface area contributed by atoms with Gasteiger partial charge in [0.25, 0.3) is 5.91 Å². The molecule has 1 aliphatic heterocycles. The predicted molar refractivity (Wildman–Crippen MR) is 52.6 cm³/mol. The molecule has 1 saturated heterocycles. The molecule has 0 bridgehead atoms. The number of imide groups is 1. The molecule has 0 spiro atoms. The van der Waals surface area contributed by atoms with Crippen molar-refractivity contribution >= 4 is 11.9 Å². The van der Waals surface area contributed by atoms with Crippen LogP contribution in [0.5, 0.6) is 0 Å². The highest BCUT2D eigenvalue weighted by Crippen LogP contribution is 2.13. The maximum atomic E-state index is 11.7. The summed E-state index contributed by atoms with van der Waals surface area (Å²) >= 11 is 0. The number of nitrogens with zero attached hydrogens (tertiary/aromatic N) is 1. The normalized spacial score (nSPS) is 23.9. The first-order valence-corrected chi connectivity index (χ1v) is 4.95. The van der Waals surface area contributed by atoms with E-state index in [2.05, 4.69) is 5.32 Å². The van der Waals surface area contributed by atoms with Gasteiger partial charge < -0.3 is 11.1 Å². The summed E-state index contributed by atoms with van der Waals surface area (Å²) in [5, 5.41) is 2.65. The summed E-state index contributed by atoms with van der Waals surface area (Å²) < 4.78 is 0. The Kier molecular flexibility index (Phi) is 3.46. The fourth-order valence-electron chi connectivity index (χ4n) is 1.56. The lowest BCUT2D eigenvalue weighted by atomic mass is 10.1. The van der Waals surface area contributed by atoms with Crippen molar-refractivity contribution in [1.29, 1.82) is 0 Å². The number of rotatable bonds is 4. The van der Waals surface area contributed by atoms with Gasteiger partial charge in [0, 0.05) is 6.54 Å². The average molecular weight is 199 g/mol. The zero-order valence-corrected chi connectivity index (χ0v) is 8.62. The number of carbonyl (C=O) groups excluding carboxylic acids is 2. The molecule has 0 aromatic rings. The largest absolute Gasteiger partial charge is 0.328 e. The van der Waals surface area contributed by atoms with Crippen LogP contribution in [0.3, 0.4) is 0 Å². The molecule has 2 unspecified atom stereocenters. The van der Waals surface area contributed by atoms with Gasteiger partial charge in [-0.1, -0.05) is 13.3 Å². The molecule has 1 aliphatic rings. The fraction of sp³-hybridized carbons (Fsp3) is 0.778. The smallest absolute Gasteiger partial charge is 0.325 e. The van der Waals surface area contributed by atoms with E-state index in [1.54, 1.807) is 6.92 Å². The number of hydrogen-bond acceptors (Lipinski definition) is 3. The summed E-state index contributed by atoms with van der Waals surface area (Å²) in [4.78, 5) is 24.3. The van der Waals surface area contributed by atoms with Crippen LogP contribution in [0.1, 0.15) is 26.7 Å². The molecule has 0 saturated carbocycles. The first-order chi connectivity index (χ1) is 6.61. The molecule has 5 heteroatoms. The van der Waals surface area contributed by atoms with Crippen molar-refractivity contribution in [2.45, 2.75) is 38.8 Å². The predicted octanol–water partition coefficient (Wildman–Crippen LogP) is 0.0541. The maximum absolute atomic E-state index is 11.7. The Morgan fingerprint density at radius 3 is 2.71 bits per heavy atom. The van der Waals surface area contributed by atoms with Crippen molar-refractivity contribution in [1.82, 2.24) is 10.2 Å². The summed E-state index contributed by atoms with van der Waals surface area (Å²) in [6, 6.07) is -0.878. The van der Waals surface area contributed by atoms with Gasteiger partial charge in [-0.25, -0.2) is 4.79 Å². The minimum absolute atomic E-state index is 0.144. The van der Waals surface area contributed by atoms with E-state index in [0.717, 1.165) is 6.42 Å². The molecule has 0 aliphatic carbocycles. The van der Waals surface area contributed by atoms with Crippen LogP contribution in [0.4, 0.5) is 4.79 Å². The second kappa shape index (κ2) is 4.41. The zero-order chi connectivity index (χ0) is 10.7. The Balaban J connectivity index is 2.70. The number of nitrogens with two attached hydrogens (primary N) is 1. The summed E-state index contributed by atoms with van der Waals surface area (Å²) in [6.07, 6.45) is 1.57. The van der Waals surface area contributed by atoms with E-state index >= 15 is 0 Å². The molecule has 0 aromatic heterocycles. The number of hydrogen-bond donors (Lipinski definition) is 2. The lowest BCUT2D eigenvalue weighted by Gasteiger charge is -2.19. The third-order valence-corrected chi connectivity index (χ3v) is 2.41. The van der Waals surface area contributed by atoms with Crippen LogP contribution in [0.25, 0.3) is 0 Å². The van der Waals surface area contributed by atoms with Crippen LogP contribution < -0.4 is 11.1 Å². The SMILES string of the molecule is CCCC1NC(=O)N(C(C)CN)C1=O. The fourth-order valence-corrected chi connectivity index (χ4v) is 1.56. The second-order valence-corrected chi connectivity index (χ2v) is 3.58. The Hall–Kier alpha value is -1.10. The van der Waals surface area contributed by atoms with Crippen molar-refractivity contribution in [3.63, 3.8) is 0 Å². The van der Waals surface area contributed by atoms with Crippen molar-refractivity contribution in [2.24, 2.45) is 5.73 Å². The molecule has 3 N–H and O–H groups in total. The number of urea groups is 1. The van der Waals surface area contributed by atoms with Gasteiger partial charge in [0.1, 0.15) is 6.04 Å². The monoisotopic (exact) mass is 199 g/mol. The first kappa shape index (κ1) is 11.0. The van der Waals surface area contributed by atoms with Crippen LogP contribution >= 0.6 is 0 Å². The number of amides is 3. The highest BCUT2D eigenvalue weighted by molar-refractivity contribution is 6.04. The number of nitrogens with one attached hydrogen (secondary N) is 1. The molecule has 3 amide bonds. The molecule has 1 heterocycles. The Labute approximate surface area is 83.6 Å².